The third-order valence-corrected chi connectivity index (χ3v) is 4.19. The Bertz CT molecular complexity index is 1100. The fourth-order valence-electron chi connectivity index (χ4n) is 2.79. The zero-order chi connectivity index (χ0) is 20.1. The summed E-state index contributed by atoms with van der Waals surface area (Å²) >= 11 is 0. The number of ether oxygens (including phenoxy) is 1. The highest BCUT2D eigenvalue weighted by Gasteiger charge is 2.12. The molecule has 1 heterocycles. The normalized spacial score (nSPS) is 10.5. The SMILES string of the molecule is O=C(COc1ccccc1)Nc1ccc(NC(=O)c2cc3ccccc3o2)cc1. The van der Waals surface area contributed by atoms with Gasteiger partial charge < -0.3 is 19.8 Å². The minimum Gasteiger partial charge on any atom is -0.484 e. The van der Waals surface area contributed by atoms with E-state index in [1.54, 1.807) is 42.5 Å². The van der Waals surface area contributed by atoms with E-state index in [0.29, 0.717) is 22.7 Å². The second kappa shape index (κ2) is 8.31. The molecule has 4 aromatic rings. The minimum atomic E-state index is -0.339. The van der Waals surface area contributed by atoms with Crippen LogP contribution in [0, 0.1) is 0 Å². The third kappa shape index (κ3) is 4.62. The molecule has 0 spiro atoms. The summed E-state index contributed by atoms with van der Waals surface area (Å²) < 4.78 is 11.0. The van der Waals surface area contributed by atoms with Gasteiger partial charge in [0.15, 0.2) is 12.4 Å². The van der Waals surface area contributed by atoms with Crippen molar-refractivity contribution in [3.05, 3.63) is 90.7 Å². The Hall–Kier alpha value is -4.06. The predicted molar refractivity (Wildman–Crippen MR) is 111 cm³/mol. The molecule has 0 saturated carbocycles. The first kappa shape index (κ1) is 18.3. The van der Waals surface area contributed by atoms with Crippen molar-refractivity contribution in [1.29, 1.82) is 0 Å². The van der Waals surface area contributed by atoms with Gasteiger partial charge >= 0.3 is 0 Å². The van der Waals surface area contributed by atoms with Crippen molar-refractivity contribution in [2.24, 2.45) is 0 Å². The van der Waals surface area contributed by atoms with Gasteiger partial charge in [0.1, 0.15) is 11.3 Å². The molecule has 0 radical (unpaired) electrons. The lowest BCUT2D eigenvalue weighted by Gasteiger charge is -2.08. The van der Waals surface area contributed by atoms with Crippen molar-refractivity contribution in [2.75, 3.05) is 17.2 Å². The standard InChI is InChI=1S/C23H18N2O4/c26-22(15-28-19-7-2-1-3-8-19)24-17-10-12-18(13-11-17)25-23(27)21-14-16-6-4-5-9-20(16)29-21/h1-14H,15H2,(H,24,26)(H,25,27). The molecule has 0 unspecified atom stereocenters. The molecule has 0 saturated heterocycles. The molecule has 2 N–H and O–H groups in total. The first-order valence-electron chi connectivity index (χ1n) is 9.05. The summed E-state index contributed by atoms with van der Waals surface area (Å²) in [6, 6.07) is 25.1. The summed E-state index contributed by atoms with van der Waals surface area (Å²) in [5.74, 6) is 0.259. The van der Waals surface area contributed by atoms with Gasteiger partial charge in [-0.3, -0.25) is 9.59 Å². The van der Waals surface area contributed by atoms with Crippen LogP contribution < -0.4 is 15.4 Å². The van der Waals surface area contributed by atoms with E-state index in [4.69, 9.17) is 9.15 Å². The van der Waals surface area contributed by atoms with E-state index in [1.807, 2.05) is 42.5 Å². The average molecular weight is 386 g/mol. The number of benzene rings is 3. The van der Waals surface area contributed by atoms with Gasteiger partial charge in [-0.15, -0.1) is 0 Å². The summed E-state index contributed by atoms with van der Waals surface area (Å²) in [5, 5.41) is 6.39. The maximum absolute atomic E-state index is 12.4. The molecule has 6 heteroatoms. The minimum absolute atomic E-state index is 0.0887. The highest BCUT2D eigenvalue weighted by Crippen LogP contribution is 2.20. The van der Waals surface area contributed by atoms with Crippen LogP contribution in [0.5, 0.6) is 5.75 Å². The molecule has 3 aromatic carbocycles. The number of hydrogen-bond donors (Lipinski definition) is 2. The van der Waals surface area contributed by atoms with Crippen LogP contribution in [0.15, 0.2) is 89.3 Å². The van der Waals surface area contributed by atoms with Crippen molar-refractivity contribution in [2.45, 2.75) is 0 Å². The Morgan fingerprint density at radius 2 is 1.45 bits per heavy atom. The molecule has 29 heavy (non-hydrogen) atoms. The molecule has 0 aliphatic carbocycles. The van der Waals surface area contributed by atoms with E-state index in [0.717, 1.165) is 5.39 Å². The Kier molecular flexibility index (Phi) is 5.25. The van der Waals surface area contributed by atoms with Crippen LogP contribution in [-0.2, 0) is 4.79 Å². The summed E-state index contributed by atoms with van der Waals surface area (Å²) in [5.41, 5.74) is 1.86. The zero-order valence-corrected chi connectivity index (χ0v) is 15.4. The van der Waals surface area contributed by atoms with Gasteiger partial charge in [-0.05, 0) is 48.5 Å². The highest BCUT2D eigenvalue weighted by molar-refractivity contribution is 6.04. The smallest absolute Gasteiger partial charge is 0.291 e. The van der Waals surface area contributed by atoms with Crippen molar-refractivity contribution in [3.63, 3.8) is 0 Å². The molecule has 0 atom stereocenters. The number of nitrogens with one attached hydrogen (secondary N) is 2. The van der Waals surface area contributed by atoms with Crippen LogP contribution in [0.4, 0.5) is 11.4 Å². The van der Waals surface area contributed by atoms with Gasteiger partial charge in [-0.25, -0.2) is 0 Å². The summed E-state index contributed by atoms with van der Waals surface area (Å²) in [6.45, 7) is -0.0887. The quantitative estimate of drug-likeness (QED) is 0.503. The van der Waals surface area contributed by atoms with Crippen molar-refractivity contribution < 1.29 is 18.7 Å². The molecule has 0 bridgehead atoms. The number of amides is 2. The van der Waals surface area contributed by atoms with Gasteiger partial charge in [0.05, 0.1) is 0 Å². The second-order valence-corrected chi connectivity index (χ2v) is 6.33. The van der Waals surface area contributed by atoms with Crippen LogP contribution >= 0.6 is 0 Å². The lowest BCUT2D eigenvalue weighted by Crippen LogP contribution is -2.20. The van der Waals surface area contributed by atoms with Crippen molar-refractivity contribution >= 4 is 34.2 Å². The Morgan fingerprint density at radius 3 is 2.17 bits per heavy atom. The molecular weight excluding hydrogens is 368 g/mol. The van der Waals surface area contributed by atoms with Gasteiger partial charge in [-0.2, -0.15) is 0 Å². The largest absolute Gasteiger partial charge is 0.484 e. The van der Waals surface area contributed by atoms with E-state index in [-0.39, 0.29) is 24.2 Å². The highest BCUT2D eigenvalue weighted by atomic mass is 16.5. The lowest BCUT2D eigenvalue weighted by atomic mass is 10.2. The van der Waals surface area contributed by atoms with E-state index in [1.165, 1.54) is 0 Å². The van der Waals surface area contributed by atoms with Gasteiger partial charge in [-0.1, -0.05) is 36.4 Å². The number of carbonyl (C=O) groups excluding carboxylic acids is 2. The lowest BCUT2D eigenvalue weighted by molar-refractivity contribution is -0.118. The van der Waals surface area contributed by atoms with Gasteiger partial charge in [0.2, 0.25) is 0 Å². The summed E-state index contributed by atoms with van der Waals surface area (Å²) in [7, 11) is 0. The van der Waals surface area contributed by atoms with Crippen LogP contribution in [0.25, 0.3) is 11.0 Å². The number of fused-ring (bicyclic) bond motifs is 1. The zero-order valence-electron chi connectivity index (χ0n) is 15.4. The molecule has 6 nitrogen and oxygen atoms in total. The fraction of sp³-hybridized carbons (Fsp3) is 0.0435. The summed E-state index contributed by atoms with van der Waals surface area (Å²) in [4.78, 5) is 24.4. The molecular formula is C23H18N2O4. The average Bonchev–Trinajstić information content (AvgIpc) is 3.19. The Balaban J connectivity index is 1.32. The van der Waals surface area contributed by atoms with Crippen LogP contribution in [0.3, 0.4) is 0 Å². The van der Waals surface area contributed by atoms with Gasteiger partial charge in [0.25, 0.3) is 11.8 Å². The Morgan fingerprint density at radius 1 is 0.793 bits per heavy atom. The summed E-state index contributed by atoms with van der Waals surface area (Å²) in [6.07, 6.45) is 0. The number of para-hydroxylation sites is 2. The monoisotopic (exact) mass is 386 g/mol. The number of carbonyl (C=O) groups is 2. The molecule has 2 amide bonds. The molecule has 0 aliphatic rings. The van der Waals surface area contributed by atoms with E-state index in [2.05, 4.69) is 10.6 Å². The van der Waals surface area contributed by atoms with Crippen LogP contribution in [0.2, 0.25) is 0 Å². The third-order valence-electron chi connectivity index (χ3n) is 4.19. The van der Waals surface area contributed by atoms with E-state index >= 15 is 0 Å². The molecule has 0 fully saturated rings. The van der Waals surface area contributed by atoms with E-state index in [9.17, 15) is 9.59 Å². The number of rotatable bonds is 6. The molecule has 4 rings (SSSR count). The molecule has 144 valence electrons. The van der Waals surface area contributed by atoms with Gasteiger partial charge in [0, 0.05) is 16.8 Å². The van der Waals surface area contributed by atoms with Crippen LogP contribution in [0.1, 0.15) is 10.6 Å². The first-order chi connectivity index (χ1) is 14.2. The van der Waals surface area contributed by atoms with Crippen molar-refractivity contribution in [3.8, 4) is 5.75 Å². The maximum Gasteiger partial charge on any atom is 0.291 e. The number of hydrogen-bond acceptors (Lipinski definition) is 4. The second-order valence-electron chi connectivity index (χ2n) is 6.33. The topological polar surface area (TPSA) is 80.6 Å². The predicted octanol–water partition coefficient (Wildman–Crippen LogP) is 4.70. The maximum atomic E-state index is 12.4. The van der Waals surface area contributed by atoms with Crippen molar-refractivity contribution in [1.82, 2.24) is 0 Å². The first-order valence-corrected chi connectivity index (χ1v) is 9.05. The Labute approximate surface area is 167 Å². The molecule has 0 aliphatic heterocycles. The fourth-order valence-corrected chi connectivity index (χ4v) is 2.79. The van der Waals surface area contributed by atoms with E-state index < -0.39 is 0 Å². The van der Waals surface area contributed by atoms with Crippen LogP contribution in [-0.4, -0.2) is 18.4 Å². The number of furan rings is 1. The number of anilines is 2. The molecule has 1 aromatic heterocycles.